The maximum atomic E-state index is 12.1. The monoisotopic (exact) mass is 349 g/mol. The number of hydrogen-bond acceptors (Lipinski definition) is 3. The van der Waals surface area contributed by atoms with Crippen molar-refractivity contribution < 1.29 is 4.79 Å². The van der Waals surface area contributed by atoms with Crippen LogP contribution in [0, 0.1) is 0 Å². The number of nitrogens with one attached hydrogen (secondary N) is 3. The molecule has 0 spiro atoms. The molecule has 2 aromatic rings. The Bertz CT molecular complexity index is 693. The second kappa shape index (κ2) is 8.24. The number of thioether (sulfide) groups is 1. The number of amides is 2. The molecule has 1 aliphatic heterocycles. The Labute approximate surface area is 146 Å². The molecular formula is C17H20ClN3OS. The van der Waals surface area contributed by atoms with Gasteiger partial charge in [-0.1, -0.05) is 12.1 Å². The molecule has 3 rings (SSSR count). The highest BCUT2D eigenvalue weighted by molar-refractivity contribution is 7.98. The Morgan fingerprint density at radius 3 is 2.65 bits per heavy atom. The van der Waals surface area contributed by atoms with Gasteiger partial charge in [0.25, 0.3) is 0 Å². The third kappa shape index (κ3) is 4.64. The molecule has 2 aromatic carbocycles. The molecule has 122 valence electrons. The van der Waals surface area contributed by atoms with Gasteiger partial charge in [-0.05, 0) is 60.7 Å². The largest absolute Gasteiger partial charge is 0.323 e. The van der Waals surface area contributed by atoms with Gasteiger partial charge in [-0.15, -0.1) is 24.2 Å². The fraction of sp³-hybridized carbons (Fsp3) is 0.235. The SMILES string of the molecule is CSc1cccc(NC(=O)Nc2ccc3c(c2)CCNC3)c1.Cl. The quantitative estimate of drug-likeness (QED) is 0.730. The van der Waals surface area contributed by atoms with Crippen molar-refractivity contribution in [2.24, 2.45) is 0 Å². The minimum Gasteiger partial charge on any atom is -0.312 e. The topological polar surface area (TPSA) is 53.2 Å². The summed E-state index contributed by atoms with van der Waals surface area (Å²) < 4.78 is 0. The van der Waals surface area contributed by atoms with E-state index >= 15 is 0 Å². The number of anilines is 2. The maximum Gasteiger partial charge on any atom is 0.323 e. The van der Waals surface area contributed by atoms with Gasteiger partial charge in [0.15, 0.2) is 0 Å². The number of urea groups is 1. The number of carbonyl (C=O) groups is 1. The minimum atomic E-state index is -0.216. The second-order valence-electron chi connectivity index (χ2n) is 5.22. The van der Waals surface area contributed by atoms with Gasteiger partial charge in [-0.2, -0.15) is 0 Å². The van der Waals surface area contributed by atoms with Crippen molar-refractivity contribution in [2.45, 2.75) is 17.9 Å². The highest BCUT2D eigenvalue weighted by Gasteiger charge is 2.10. The van der Waals surface area contributed by atoms with Crippen LogP contribution in [0.5, 0.6) is 0 Å². The smallest absolute Gasteiger partial charge is 0.312 e. The van der Waals surface area contributed by atoms with Gasteiger partial charge in [0.2, 0.25) is 0 Å². The molecule has 1 heterocycles. The Hall–Kier alpha value is -1.69. The van der Waals surface area contributed by atoms with Crippen molar-refractivity contribution in [3.8, 4) is 0 Å². The molecule has 2 amide bonds. The van der Waals surface area contributed by atoms with Crippen LogP contribution in [0.15, 0.2) is 47.4 Å². The standard InChI is InChI=1S/C17H19N3OS.ClH/c1-22-16-4-2-3-14(10-16)19-17(21)20-15-6-5-13-11-18-8-7-12(13)9-15;/h2-6,9-10,18H,7-8,11H2,1H3,(H2,19,20,21);1H. The predicted octanol–water partition coefficient (Wildman–Crippen LogP) is 4.12. The van der Waals surface area contributed by atoms with Gasteiger partial charge in [0, 0.05) is 22.8 Å². The molecule has 0 saturated heterocycles. The Balaban J connectivity index is 0.00000192. The second-order valence-corrected chi connectivity index (χ2v) is 6.10. The predicted molar refractivity (Wildman–Crippen MR) is 100.0 cm³/mol. The number of hydrogen-bond donors (Lipinski definition) is 3. The summed E-state index contributed by atoms with van der Waals surface area (Å²) in [5.41, 5.74) is 4.25. The number of rotatable bonds is 3. The van der Waals surface area contributed by atoms with Crippen LogP contribution < -0.4 is 16.0 Å². The molecule has 4 nitrogen and oxygen atoms in total. The van der Waals surface area contributed by atoms with Gasteiger partial charge >= 0.3 is 6.03 Å². The molecule has 0 saturated carbocycles. The maximum absolute atomic E-state index is 12.1. The zero-order chi connectivity index (χ0) is 15.4. The van der Waals surface area contributed by atoms with Crippen molar-refractivity contribution in [3.63, 3.8) is 0 Å². The first kappa shape index (κ1) is 17.7. The summed E-state index contributed by atoms with van der Waals surface area (Å²) in [7, 11) is 0. The van der Waals surface area contributed by atoms with E-state index in [0.29, 0.717) is 0 Å². The average molecular weight is 350 g/mol. The molecule has 0 unspecified atom stereocenters. The van der Waals surface area contributed by atoms with Crippen LogP contribution in [-0.4, -0.2) is 18.8 Å². The van der Waals surface area contributed by atoms with Crippen LogP contribution in [-0.2, 0) is 13.0 Å². The molecule has 0 radical (unpaired) electrons. The van der Waals surface area contributed by atoms with Crippen molar-refractivity contribution >= 4 is 41.6 Å². The summed E-state index contributed by atoms with van der Waals surface area (Å²) in [4.78, 5) is 13.2. The third-order valence-electron chi connectivity index (χ3n) is 3.68. The summed E-state index contributed by atoms with van der Waals surface area (Å²) in [6.45, 7) is 1.90. The number of carbonyl (C=O) groups excluding carboxylic acids is 1. The van der Waals surface area contributed by atoms with E-state index in [4.69, 9.17) is 0 Å². The lowest BCUT2D eigenvalue weighted by Crippen LogP contribution is -2.24. The zero-order valence-electron chi connectivity index (χ0n) is 12.9. The fourth-order valence-electron chi connectivity index (χ4n) is 2.55. The van der Waals surface area contributed by atoms with Gasteiger partial charge in [0.05, 0.1) is 0 Å². The van der Waals surface area contributed by atoms with E-state index in [1.54, 1.807) is 11.8 Å². The zero-order valence-corrected chi connectivity index (χ0v) is 14.5. The molecule has 0 aliphatic carbocycles. The highest BCUT2D eigenvalue weighted by atomic mass is 35.5. The number of halogens is 1. The summed E-state index contributed by atoms with van der Waals surface area (Å²) in [6, 6.07) is 13.7. The van der Waals surface area contributed by atoms with Gasteiger partial charge < -0.3 is 16.0 Å². The lowest BCUT2D eigenvalue weighted by atomic mass is 10.0. The molecule has 0 bridgehead atoms. The molecule has 3 N–H and O–H groups in total. The Morgan fingerprint density at radius 1 is 1.09 bits per heavy atom. The normalized spacial score (nSPS) is 12.7. The van der Waals surface area contributed by atoms with Gasteiger partial charge in [-0.25, -0.2) is 4.79 Å². The third-order valence-corrected chi connectivity index (χ3v) is 4.40. The van der Waals surface area contributed by atoms with Crippen LogP contribution in [0.1, 0.15) is 11.1 Å². The van der Waals surface area contributed by atoms with Crippen molar-refractivity contribution in [2.75, 3.05) is 23.4 Å². The van der Waals surface area contributed by atoms with E-state index in [9.17, 15) is 4.79 Å². The van der Waals surface area contributed by atoms with E-state index in [0.717, 1.165) is 35.8 Å². The van der Waals surface area contributed by atoms with Gasteiger partial charge in [0.1, 0.15) is 0 Å². The van der Waals surface area contributed by atoms with Crippen molar-refractivity contribution in [3.05, 3.63) is 53.6 Å². The Kier molecular flexibility index (Phi) is 6.33. The van der Waals surface area contributed by atoms with Crippen molar-refractivity contribution in [1.82, 2.24) is 5.32 Å². The van der Waals surface area contributed by atoms with E-state index in [-0.39, 0.29) is 18.4 Å². The van der Waals surface area contributed by atoms with Crippen LogP contribution in [0.4, 0.5) is 16.2 Å². The molecule has 0 fully saturated rings. The summed E-state index contributed by atoms with van der Waals surface area (Å²) in [6.07, 6.45) is 3.02. The Morgan fingerprint density at radius 2 is 1.87 bits per heavy atom. The minimum absolute atomic E-state index is 0. The summed E-state index contributed by atoms with van der Waals surface area (Å²) in [5, 5.41) is 9.11. The molecule has 0 atom stereocenters. The lowest BCUT2D eigenvalue weighted by molar-refractivity contribution is 0.262. The summed E-state index contributed by atoms with van der Waals surface area (Å²) >= 11 is 1.65. The van der Waals surface area contributed by atoms with E-state index in [1.807, 2.05) is 36.6 Å². The van der Waals surface area contributed by atoms with Crippen LogP contribution in [0.3, 0.4) is 0 Å². The summed E-state index contributed by atoms with van der Waals surface area (Å²) in [5.74, 6) is 0. The average Bonchev–Trinajstić information content (AvgIpc) is 2.55. The highest BCUT2D eigenvalue weighted by Crippen LogP contribution is 2.21. The molecule has 23 heavy (non-hydrogen) atoms. The van der Waals surface area contributed by atoms with Crippen LogP contribution in [0.25, 0.3) is 0 Å². The lowest BCUT2D eigenvalue weighted by Gasteiger charge is -2.18. The first-order chi connectivity index (χ1) is 10.7. The molecule has 0 aromatic heterocycles. The van der Waals surface area contributed by atoms with Crippen LogP contribution in [0.2, 0.25) is 0 Å². The van der Waals surface area contributed by atoms with E-state index in [1.165, 1.54) is 11.1 Å². The molecular weight excluding hydrogens is 330 g/mol. The first-order valence-corrected chi connectivity index (χ1v) is 8.51. The van der Waals surface area contributed by atoms with Crippen LogP contribution >= 0.6 is 24.2 Å². The number of benzene rings is 2. The van der Waals surface area contributed by atoms with E-state index in [2.05, 4.69) is 28.1 Å². The first-order valence-electron chi connectivity index (χ1n) is 7.29. The fourth-order valence-corrected chi connectivity index (χ4v) is 3.01. The molecule has 6 heteroatoms. The molecule has 1 aliphatic rings. The van der Waals surface area contributed by atoms with Crippen molar-refractivity contribution in [1.29, 1.82) is 0 Å². The van der Waals surface area contributed by atoms with E-state index < -0.39 is 0 Å². The number of fused-ring (bicyclic) bond motifs is 1. The van der Waals surface area contributed by atoms with Gasteiger partial charge in [-0.3, -0.25) is 0 Å².